The standard InChI is InChI=1S/C22H22N2O3/c25-22(23-18-14-24-10-8-15(18)9-11-24)21-7-6-20(27-21)17-4-1-3-16(13-17)19-5-2-12-26-19/h1-7,12-13,15,18H,8-11,14H2,(H,23,25)/t18-/m0/s1. The van der Waals surface area contributed by atoms with Crippen LogP contribution < -0.4 is 5.32 Å². The van der Waals surface area contributed by atoms with Gasteiger partial charge in [0.05, 0.1) is 6.26 Å². The van der Waals surface area contributed by atoms with Crippen LogP contribution in [-0.4, -0.2) is 36.5 Å². The summed E-state index contributed by atoms with van der Waals surface area (Å²) in [6.07, 6.45) is 4.01. The molecule has 2 bridgehead atoms. The van der Waals surface area contributed by atoms with Gasteiger partial charge in [-0.05, 0) is 62.2 Å². The molecule has 1 aromatic carbocycles. The number of nitrogens with one attached hydrogen (secondary N) is 1. The number of rotatable bonds is 4. The highest BCUT2D eigenvalue weighted by Crippen LogP contribution is 2.29. The minimum Gasteiger partial charge on any atom is -0.464 e. The van der Waals surface area contributed by atoms with Crippen molar-refractivity contribution in [2.45, 2.75) is 18.9 Å². The Kier molecular flexibility index (Phi) is 4.09. The number of piperidine rings is 3. The Morgan fingerprint density at radius 1 is 1.00 bits per heavy atom. The maximum Gasteiger partial charge on any atom is 0.287 e. The molecule has 5 heterocycles. The van der Waals surface area contributed by atoms with Crippen molar-refractivity contribution in [2.75, 3.05) is 19.6 Å². The van der Waals surface area contributed by atoms with Gasteiger partial charge in [-0.25, -0.2) is 0 Å². The summed E-state index contributed by atoms with van der Waals surface area (Å²) in [7, 11) is 0. The fourth-order valence-corrected chi connectivity index (χ4v) is 4.25. The van der Waals surface area contributed by atoms with Gasteiger partial charge < -0.3 is 19.1 Å². The van der Waals surface area contributed by atoms with Gasteiger partial charge in [0.15, 0.2) is 5.76 Å². The van der Waals surface area contributed by atoms with E-state index in [9.17, 15) is 4.79 Å². The summed E-state index contributed by atoms with van der Waals surface area (Å²) in [5, 5.41) is 3.18. The van der Waals surface area contributed by atoms with Gasteiger partial charge in [0.25, 0.3) is 5.91 Å². The number of carbonyl (C=O) groups excluding carboxylic acids is 1. The van der Waals surface area contributed by atoms with Gasteiger partial charge in [-0.2, -0.15) is 0 Å². The Morgan fingerprint density at radius 2 is 1.81 bits per heavy atom. The summed E-state index contributed by atoms with van der Waals surface area (Å²) < 4.78 is 11.3. The lowest BCUT2D eigenvalue weighted by Crippen LogP contribution is -2.57. The summed E-state index contributed by atoms with van der Waals surface area (Å²) in [4.78, 5) is 15.1. The predicted molar refractivity (Wildman–Crippen MR) is 102 cm³/mol. The number of hydrogen-bond donors (Lipinski definition) is 1. The monoisotopic (exact) mass is 362 g/mol. The topological polar surface area (TPSA) is 58.6 Å². The van der Waals surface area contributed by atoms with E-state index in [4.69, 9.17) is 8.83 Å². The number of nitrogens with zero attached hydrogens (tertiary/aromatic N) is 1. The van der Waals surface area contributed by atoms with Crippen molar-refractivity contribution in [1.29, 1.82) is 0 Å². The number of furan rings is 2. The molecule has 1 amide bonds. The molecule has 3 saturated heterocycles. The van der Waals surface area contributed by atoms with Crippen molar-refractivity contribution in [3.63, 3.8) is 0 Å². The van der Waals surface area contributed by atoms with Crippen LogP contribution in [0.3, 0.4) is 0 Å². The zero-order chi connectivity index (χ0) is 18.2. The van der Waals surface area contributed by atoms with Crippen LogP contribution in [0.25, 0.3) is 22.6 Å². The van der Waals surface area contributed by atoms with Gasteiger partial charge in [0.1, 0.15) is 11.5 Å². The maximum atomic E-state index is 12.6. The van der Waals surface area contributed by atoms with Crippen LogP contribution in [0.2, 0.25) is 0 Å². The predicted octanol–water partition coefficient (Wildman–Crippen LogP) is 4.03. The SMILES string of the molecule is O=C(N[C@H]1CN2CCC1CC2)c1ccc(-c2cccc(-c3ccco3)c2)o1. The first-order chi connectivity index (χ1) is 13.3. The van der Waals surface area contributed by atoms with E-state index in [-0.39, 0.29) is 11.9 Å². The quantitative estimate of drug-likeness (QED) is 0.761. The minimum absolute atomic E-state index is 0.123. The van der Waals surface area contributed by atoms with Crippen LogP contribution >= 0.6 is 0 Å². The summed E-state index contributed by atoms with van der Waals surface area (Å²) in [5.74, 6) is 2.33. The van der Waals surface area contributed by atoms with Crippen molar-refractivity contribution >= 4 is 5.91 Å². The van der Waals surface area contributed by atoms with Crippen molar-refractivity contribution in [3.05, 3.63) is 60.6 Å². The molecular weight excluding hydrogens is 340 g/mol. The number of benzene rings is 1. The van der Waals surface area contributed by atoms with Crippen molar-refractivity contribution in [2.24, 2.45) is 5.92 Å². The zero-order valence-corrected chi connectivity index (χ0v) is 15.1. The van der Waals surface area contributed by atoms with Crippen LogP contribution in [-0.2, 0) is 0 Å². The number of hydrogen-bond acceptors (Lipinski definition) is 4. The van der Waals surface area contributed by atoms with E-state index in [0.29, 0.717) is 17.4 Å². The van der Waals surface area contributed by atoms with E-state index in [2.05, 4.69) is 10.2 Å². The van der Waals surface area contributed by atoms with Gasteiger partial charge in [0.2, 0.25) is 0 Å². The normalized spacial score (nSPS) is 24.1. The van der Waals surface area contributed by atoms with E-state index < -0.39 is 0 Å². The highest BCUT2D eigenvalue weighted by atomic mass is 16.4. The molecule has 5 nitrogen and oxygen atoms in total. The highest BCUT2D eigenvalue weighted by Gasteiger charge is 2.35. The first-order valence-electron chi connectivity index (χ1n) is 9.54. The van der Waals surface area contributed by atoms with E-state index in [1.54, 1.807) is 12.3 Å². The molecule has 3 aliphatic heterocycles. The largest absolute Gasteiger partial charge is 0.464 e. The second-order valence-corrected chi connectivity index (χ2v) is 7.44. The molecule has 1 N–H and O–H groups in total. The van der Waals surface area contributed by atoms with Gasteiger partial charge in [-0.15, -0.1) is 0 Å². The van der Waals surface area contributed by atoms with Crippen molar-refractivity contribution in [1.82, 2.24) is 10.2 Å². The van der Waals surface area contributed by atoms with Crippen LogP contribution in [0.5, 0.6) is 0 Å². The minimum atomic E-state index is -0.123. The Balaban J connectivity index is 1.32. The number of carbonyl (C=O) groups is 1. The zero-order valence-electron chi connectivity index (χ0n) is 15.1. The molecule has 3 aliphatic rings. The first-order valence-corrected chi connectivity index (χ1v) is 9.54. The van der Waals surface area contributed by atoms with Crippen molar-refractivity contribution in [3.8, 4) is 22.6 Å². The van der Waals surface area contributed by atoms with Crippen LogP contribution in [0, 0.1) is 5.92 Å². The second kappa shape index (κ2) is 6.74. The molecule has 0 radical (unpaired) electrons. The Hall–Kier alpha value is -2.79. The average Bonchev–Trinajstić information content (AvgIpc) is 3.41. The van der Waals surface area contributed by atoms with E-state index in [1.165, 1.54) is 12.8 Å². The lowest BCUT2D eigenvalue weighted by Gasteiger charge is -2.44. The second-order valence-electron chi connectivity index (χ2n) is 7.44. The fraction of sp³-hybridized carbons (Fsp3) is 0.318. The highest BCUT2D eigenvalue weighted by molar-refractivity contribution is 5.92. The molecule has 1 atom stereocenters. The Morgan fingerprint density at radius 3 is 2.52 bits per heavy atom. The summed E-state index contributed by atoms with van der Waals surface area (Å²) in [6.45, 7) is 3.27. The van der Waals surface area contributed by atoms with Crippen molar-refractivity contribution < 1.29 is 13.6 Å². The lowest BCUT2D eigenvalue weighted by atomic mass is 9.84. The summed E-state index contributed by atoms with van der Waals surface area (Å²) in [5.41, 5.74) is 1.90. The molecule has 3 aromatic rings. The molecule has 27 heavy (non-hydrogen) atoms. The van der Waals surface area contributed by atoms with Crippen LogP contribution in [0.1, 0.15) is 23.4 Å². The Labute approximate surface area is 158 Å². The summed E-state index contributed by atoms with van der Waals surface area (Å²) >= 11 is 0. The summed E-state index contributed by atoms with van der Waals surface area (Å²) in [6, 6.07) is 15.6. The van der Waals surface area contributed by atoms with Gasteiger partial charge in [0, 0.05) is 23.7 Å². The third-order valence-electron chi connectivity index (χ3n) is 5.76. The average molecular weight is 362 g/mol. The Bertz CT molecular complexity index is 936. The molecule has 5 heteroatoms. The molecule has 0 saturated carbocycles. The van der Waals surface area contributed by atoms with Gasteiger partial charge in [-0.1, -0.05) is 18.2 Å². The molecular formula is C22H22N2O3. The smallest absolute Gasteiger partial charge is 0.287 e. The molecule has 0 unspecified atom stereocenters. The molecule has 0 aliphatic carbocycles. The lowest BCUT2D eigenvalue weighted by molar-refractivity contribution is 0.0606. The van der Waals surface area contributed by atoms with E-state index in [0.717, 1.165) is 36.5 Å². The van der Waals surface area contributed by atoms with Gasteiger partial charge in [-0.3, -0.25) is 4.79 Å². The maximum absolute atomic E-state index is 12.6. The van der Waals surface area contributed by atoms with E-state index >= 15 is 0 Å². The van der Waals surface area contributed by atoms with Crippen LogP contribution in [0.4, 0.5) is 0 Å². The third-order valence-corrected chi connectivity index (χ3v) is 5.76. The molecule has 6 rings (SSSR count). The first kappa shape index (κ1) is 16.4. The third kappa shape index (κ3) is 3.19. The fourth-order valence-electron chi connectivity index (χ4n) is 4.25. The molecule has 138 valence electrons. The van der Waals surface area contributed by atoms with Gasteiger partial charge >= 0.3 is 0 Å². The van der Waals surface area contributed by atoms with E-state index in [1.807, 2.05) is 42.5 Å². The van der Waals surface area contributed by atoms with Crippen LogP contribution in [0.15, 0.2) is 63.6 Å². The number of fused-ring (bicyclic) bond motifs is 3. The number of amides is 1. The molecule has 0 spiro atoms. The molecule has 3 fully saturated rings. The molecule has 2 aromatic heterocycles.